The Bertz CT molecular complexity index is 572. The van der Waals surface area contributed by atoms with E-state index in [4.69, 9.17) is 9.47 Å². The van der Waals surface area contributed by atoms with Gasteiger partial charge < -0.3 is 14.8 Å². The molecule has 0 spiro atoms. The molecule has 4 nitrogen and oxygen atoms in total. The predicted octanol–water partition coefficient (Wildman–Crippen LogP) is 3.19. The number of ether oxygens (including phenoxy) is 2. The minimum absolute atomic E-state index is 0.0494. The summed E-state index contributed by atoms with van der Waals surface area (Å²) in [7, 11) is 1.67. The fourth-order valence-corrected chi connectivity index (χ4v) is 2.36. The smallest absolute Gasteiger partial charge is 0.142 e. The van der Waals surface area contributed by atoms with E-state index in [0.717, 1.165) is 29.2 Å². The first-order valence-electron chi connectivity index (χ1n) is 7.24. The Morgan fingerprint density at radius 1 is 1.24 bits per heavy atom. The molecular formula is C17H22N2O2. The highest BCUT2D eigenvalue weighted by atomic mass is 16.5. The number of nitrogens with one attached hydrogen (secondary N) is 1. The fourth-order valence-electron chi connectivity index (χ4n) is 2.36. The van der Waals surface area contributed by atoms with Gasteiger partial charge in [0, 0.05) is 11.8 Å². The molecular weight excluding hydrogens is 264 g/mol. The second-order valence-electron chi connectivity index (χ2n) is 4.61. The van der Waals surface area contributed by atoms with Gasteiger partial charge in [0.25, 0.3) is 0 Å². The topological polar surface area (TPSA) is 43.4 Å². The summed E-state index contributed by atoms with van der Waals surface area (Å²) in [6.45, 7) is 5.59. The van der Waals surface area contributed by atoms with Gasteiger partial charge in [-0.15, -0.1) is 0 Å². The third-order valence-corrected chi connectivity index (χ3v) is 3.26. The monoisotopic (exact) mass is 286 g/mol. The van der Waals surface area contributed by atoms with Crippen molar-refractivity contribution in [3.63, 3.8) is 0 Å². The molecule has 0 aliphatic rings. The Hall–Kier alpha value is -2.07. The van der Waals surface area contributed by atoms with Gasteiger partial charge in [-0.25, -0.2) is 0 Å². The summed E-state index contributed by atoms with van der Waals surface area (Å²) in [5.41, 5.74) is 2.22. The first-order chi connectivity index (χ1) is 10.3. The Kier molecular flexibility index (Phi) is 5.58. The molecule has 0 fully saturated rings. The molecule has 1 heterocycles. The lowest BCUT2D eigenvalue weighted by Crippen LogP contribution is -2.22. The highest BCUT2D eigenvalue weighted by Crippen LogP contribution is 2.30. The standard InChI is InChI=1S/C17H22N2O2/c1-4-19-17(15-9-10-18-12-16(15)20-3)13-7-6-8-14(11-13)21-5-2/h6-12,17,19H,4-5H2,1-3H3. The zero-order valence-corrected chi connectivity index (χ0v) is 12.8. The zero-order chi connectivity index (χ0) is 15.1. The van der Waals surface area contributed by atoms with Crippen molar-refractivity contribution in [1.82, 2.24) is 10.3 Å². The second-order valence-corrected chi connectivity index (χ2v) is 4.61. The van der Waals surface area contributed by atoms with E-state index in [9.17, 15) is 0 Å². The van der Waals surface area contributed by atoms with Gasteiger partial charge in [-0.05, 0) is 37.2 Å². The third-order valence-electron chi connectivity index (χ3n) is 3.26. The highest BCUT2D eigenvalue weighted by Gasteiger charge is 2.17. The molecule has 21 heavy (non-hydrogen) atoms. The van der Waals surface area contributed by atoms with Crippen molar-refractivity contribution in [2.75, 3.05) is 20.3 Å². The van der Waals surface area contributed by atoms with Crippen LogP contribution in [-0.2, 0) is 0 Å². The van der Waals surface area contributed by atoms with Crippen molar-refractivity contribution in [3.05, 3.63) is 53.9 Å². The average Bonchev–Trinajstić information content (AvgIpc) is 2.53. The molecule has 0 amide bonds. The molecule has 112 valence electrons. The molecule has 1 N–H and O–H groups in total. The molecule has 2 rings (SSSR count). The van der Waals surface area contributed by atoms with Crippen LogP contribution >= 0.6 is 0 Å². The lowest BCUT2D eigenvalue weighted by molar-refractivity contribution is 0.339. The largest absolute Gasteiger partial charge is 0.495 e. The fraction of sp³-hybridized carbons (Fsp3) is 0.353. The lowest BCUT2D eigenvalue weighted by atomic mass is 9.98. The lowest BCUT2D eigenvalue weighted by Gasteiger charge is -2.21. The summed E-state index contributed by atoms with van der Waals surface area (Å²) in [5, 5.41) is 3.50. The van der Waals surface area contributed by atoms with Crippen LogP contribution in [0.1, 0.15) is 31.0 Å². The minimum atomic E-state index is 0.0494. The number of aromatic nitrogens is 1. The number of nitrogens with zero attached hydrogens (tertiary/aromatic N) is 1. The Labute approximate surface area is 126 Å². The van der Waals surface area contributed by atoms with E-state index >= 15 is 0 Å². The maximum absolute atomic E-state index is 5.60. The zero-order valence-electron chi connectivity index (χ0n) is 12.8. The molecule has 0 saturated carbocycles. The van der Waals surface area contributed by atoms with Crippen molar-refractivity contribution in [3.8, 4) is 11.5 Å². The first kappa shape index (κ1) is 15.3. The average molecular weight is 286 g/mol. The van der Waals surface area contributed by atoms with Crippen LogP contribution in [0.3, 0.4) is 0 Å². The summed E-state index contributed by atoms with van der Waals surface area (Å²) >= 11 is 0. The van der Waals surface area contributed by atoms with Gasteiger partial charge in [0.05, 0.1) is 26.0 Å². The maximum atomic E-state index is 5.60. The van der Waals surface area contributed by atoms with Crippen LogP contribution in [-0.4, -0.2) is 25.2 Å². The van der Waals surface area contributed by atoms with E-state index in [0.29, 0.717) is 6.61 Å². The van der Waals surface area contributed by atoms with Gasteiger partial charge >= 0.3 is 0 Å². The summed E-state index contributed by atoms with van der Waals surface area (Å²) in [4.78, 5) is 4.12. The van der Waals surface area contributed by atoms with E-state index in [-0.39, 0.29) is 6.04 Å². The van der Waals surface area contributed by atoms with Crippen LogP contribution < -0.4 is 14.8 Å². The SMILES string of the molecule is CCNC(c1cccc(OCC)c1)c1ccncc1OC. The van der Waals surface area contributed by atoms with E-state index < -0.39 is 0 Å². The summed E-state index contributed by atoms with van der Waals surface area (Å²) < 4.78 is 11.0. The second kappa shape index (κ2) is 7.64. The van der Waals surface area contributed by atoms with Crippen LogP contribution in [0.25, 0.3) is 0 Å². The van der Waals surface area contributed by atoms with Gasteiger partial charge in [-0.1, -0.05) is 19.1 Å². The molecule has 0 bridgehead atoms. The van der Waals surface area contributed by atoms with Gasteiger partial charge in [-0.3, -0.25) is 4.98 Å². The molecule has 0 saturated heterocycles. The van der Waals surface area contributed by atoms with Crippen molar-refractivity contribution in [2.45, 2.75) is 19.9 Å². The molecule has 1 aromatic heterocycles. The molecule has 0 aliphatic heterocycles. The Balaban J connectivity index is 2.40. The van der Waals surface area contributed by atoms with Crippen LogP contribution in [0.5, 0.6) is 11.5 Å². The number of pyridine rings is 1. The van der Waals surface area contributed by atoms with E-state index in [2.05, 4.69) is 29.4 Å². The maximum Gasteiger partial charge on any atom is 0.142 e. The summed E-state index contributed by atoms with van der Waals surface area (Å²) in [6, 6.07) is 10.2. The molecule has 0 radical (unpaired) electrons. The van der Waals surface area contributed by atoms with Gasteiger partial charge in [0.15, 0.2) is 0 Å². The molecule has 1 aromatic carbocycles. The van der Waals surface area contributed by atoms with Crippen molar-refractivity contribution in [2.24, 2.45) is 0 Å². The van der Waals surface area contributed by atoms with Crippen LogP contribution in [0.15, 0.2) is 42.7 Å². The third kappa shape index (κ3) is 3.73. The van der Waals surface area contributed by atoms with Gasteiger partial charge in [-0.2, -0.15) is 0 Å². The van der Waals surface area contributed by atoms with E-state index in [1.54, 1.807) is 19.5 Å². The van der Waals surface area contributed by atoms with E-state index in [1.165, 1.54) is 0 Å². The van der Waals surface area contributed by atoms with Gasteiger partial charge in [0.1, 0.15) is 11.5 Å². The quantitative estimate of drug-likeness (QED) is 0.849. The van der Waals surface area contributed by atoms with Crippen LogP contribution in [0.4, 0.5) is 0 Å². The molecule has 0 aliphatic carbocycles. The summed E-state index contributed by atoms with van der Waals surface area (Å²) in [6.07, 6.45) is 3.53. The number of benzene rings is 1. The first-order valence-corrected chi connectivity index (χ1v) is 7.24. The predicted molar refractivity (Wildman–Crippen MR) is 83.9 cm³/mol. The van der Waals surface area contributed by atoms with Crippen molar-refractivity contribution < 1.29 is 9.47 Å². The number of methoxy groups -OCH3 is 1. The number of rotatable bonds is 7. The number of hydrogen-bond acceptors (Lipinski definition) is 4. The van der Waals surface area contributed by atoms with Crippen molar-refractivity contribution in [1.29, 1.82) is 0 Å². The van der Waals surface area contributed by atoms with Gasteiger partial charge in [0.2, 0.25) is 0 Å². The molecule has 2 aromatic rings. The normalized spacial score (nSPS) is 12.0. The summed E-state index contributed by atoms with van der Waals surface area (Å²) in [5.74, 6) is 1.66. The Morgan fingerprint density at radius 2 is 2.10 bits per heavy atom. The van der Waals surface area contributed by atoms with Crippen LogP contribution in [0.2, 0.25) is 0 Å². The Morgan fingerprint density at radius 3 is 2.81 bits per heavy atom. The van der Waals surface area contributed by atoms with Crippen LogP contribution in [0, 0.1) is 0 Å². The van der Waals surface area contributed by atoms with E-state index in [1.807, 2.05) is 25.1 Å². The van der Waals surface area contributed by atoms with Crippen molar-refractivity contribution >= 4 is 0 Å². The molecule has 1 unspecified atom stereocenters. The highest BCUT2D eigenvalue weighted by molar-refractivity contribution is 5.42. The number of hydrogen-bond donors (Lipinski definition) is 1. The molecule has 1 atom stereocenters. The molecule has 4 heteroatoms. The minimum Gasteiger partial charge on any atom is -0.495 e.